The zero-order valence-electron chi connectivity index (χ0n) is 11.7. The number of aliphatic carboxylic acids is 1. The molecule has 1 saturated carbocycles. The summed E-state index contributed by atoms with van der Waals surface area (Å²) >= 11 is 3.16. The number of nitrogens with one attached hydrogen (secondary N) is 2. The van der Waals surface area contributed by atoms with Gasteiger partial charge in [-0.25, -0.2) is 4.98 Å². The van der Waals surface area contributed by atoms with Gasteiger partial charge < -0.3 is 5.11 Å². The number of halogens is 1. The molecule has 1 aromatic heterocycles. The van der Waals surface area contributed by atoms with Gasteiger partial charge in [-0.15, -0.1) is 0 Å². The van der Waals surface area contributed by atoms with Gasteiger partial charge in [0, 0.05) is 6.20 Å². The van der Waals surface area contributed by atoms with Crippen LogP contribution in [-0.4, -0.2) is 27.9 Å². The van der Waals surface area contributed by atoms with Crippen LogP contribution in [0.1, 0.15) is 36.0 Å². The summed E-state index contributed by atoms with van der Waals surface area (Å²) in [6.07, 6.45) is 3.98. The Morgan fingerprint density at radius 3 is 2.41 bits per heavy atom. The molecular formula is C14H16BrN3O4. The van der Waals surface area contributed by atoms with Gasteiger partial charge >= 0.3 is 5.97 Å². The largest absolute Gasteiger partial charge is 0.481 e. The first-order valence-electron chi connectivity index (χ1n) is 6.93. The average Bonchev–Trinajstić information content (AvgIpc) is 2.53. The maximum absolute atomic E-state index is 12.1. The summed E-state index contributed by atoms with van der Waals surface area (Å²) in [5, 5.41) is 9.16. The number of rotatable bonds is 3. The molecule has 0 aliphatic heterocycles. The highest BCUT2D eigenvalue weighted by atomic mass is 79.9. The number of carboxylic acids is 1. The van der Waals surface area contributed by atoms with Crippen LogP contribution in [0.3, 0.4) is 0 Å². The van der Waals surface area contributed by atoms with Crippen molar-refractivity contribution in [2.45, 2.75) is 25.7 Å². The monoisotopic (exact) mass is 369 g/mol. The summed E-state index contributed by atoms with van der Waals surface area (Å²) in [7, 11) is 0. The zero-order valence-corrected chi connectivity index (χ0v) is 13.3. The number of pyridine rings is 1. The Bertz CT molecular complexity index is 576. The van der Waals surface area contributed by atoms with E-state index >= 15 is 0 Å². The lowest BCUT2D eigenvalue weighted by molar-refractivity contribution is -0.149. The van der Waals surface area contributed by atoms with E-state index in [-0.39, 0.29) is 0 Å². The molecule has 118 valence electrons. The molecule has 1 aromatic rings. The lowest BCUT2D eigenvalue weighted by Gasteiger charge is -2.27. The van der Waals surface area contributed by atoms with E-state index in [0.29, 0.717) is 23.0 Å². The molecule has 0 saturated heterocycles. The smallest absolute Gasteiger partial charge is 0.307 e. The third kappa shape index (κ3) is 4.03. The van der Waals surface area contributed by atoms with Crippen LogP contribution < -0.4 is 10.9 Å². The lowest BCUT2D eigenvalue weighted by Crippen LogP contribution is -2.47. The second-order valence-electron chi connectivity index (χ2n) is 5.15. The van der Waals surface area contributed by atoms with E-state index in [9.17, 15) is 14.4 Å². The number of amides is 2. The van der Waals surface area contributed by atoms with Crippen LogP contribution in [0.15, 0.2) is 22.9 Å². The van der Waals surface area contributed by atoms with Crippen LogP contribution in [0.2, 0.25) is 0 Å². The molecule has 8 heteroatoms. The number of hydrogen-bond acceptors (Lipinski definition) is 4. The molecule has 7 nitrogen and oxygen atoms in total. The molecule has 2 unspecified atom stereocenters. The molecule has 0 aromatic carbocycles. The van der Waals surface area contributed by atoms with Crippen molar-refractivity contribution >= 4 is 33.7 Å². The van der Waals surface area contributed by atoms with E-state index < -0.39 is 29.6 Å². The number of carbonyl (C=O) groups is 3. The van der Waals surface area contributed by atoms with Crippen molar-refractivity contribution in [1.29, 1.82) is 0 Å². The molecule has 0 bridgehead atoms. The number of hydrazine groups is 1. The van der Waals surface area contributed by atoms with Gasteiger partial charge in [-0.1, -0.05) is 12.8 Å². The first-order valence-corrected chi connectivity index (χ1v) is 7.73. The van der Waals surface area contributed by atoms with E-state index in [1.807, 2.05) is 0 Å². The van der Waals surface area contributed by atoms with Gasteiger partial charge in [0.05, 0.1) is 17.4 Å². The SMILES string of the molecule is O=C(NNC(=O)C1CCCCC1C(=O)O)c1ccc(Br)nc1. The molecule has 2 amide bonds. The average molecular weight is 370 g/mol. The predicted octanol–water partition coefficient (Wildman–Crippen LogP) is 1.50. The van der Waals surface area contributed by atoms with Crippen LogP contribution in [0.5, 0.6) is 0 Å². The van der Waals surface area contributed by atoms with Crippen LogP contribution in [-0.2, 0) is 9.59 Å². The first kappa shape index (κ1) is 16.4. The van der Waals surface area contributed by atoms with Gasteiger partial charge in [-0.3, -0.25) is 25.2 Å². The Kier molecular flexibility index (Phi) is 5.48. The van der Waals surface area contributed by atoms with E-state index in [2.05, 4.69) is 31.8 Å². The van der Waals surface area contributed by atoms with Crippen molar-refractivity contribution in [3.63, 3.8) is 0 Å². The normalized spacial score (nSPS) is 21.0. The highest BCUT2D eigenvalue weighted by Gasteiger charge is 2.35. The highest BCUT2D eigenvalue weighted by molar-refractivity contribution is 9.10. The second-order valence-corrected chi connectivity index (χ2v) is 5.96. The quantitative estimate of drug-likeness (QED) is 0.552. The molecule has 2 atom stereocenters. The standard InChI is InChI=1S/C14H16BrN3O4/c15-11-6-5-8(7-16-11)12(19)17-18-13(20)9-3-1-2-4-10(9)14(21)22/h5-7,9-10H,1-4H2,(H,17,19)(H,18,20)(H,21,22). The first-order chi connectivity index (χ1) is 10.5. The Hall–Kier alpha value is -1.96. The summed E-state index contributed by atoms with van der Waals surface area (Å²) in [6, 6.07) is 3.16. The maximum Gasteiger partial charge on any atom is 0.307 e. The fraction of sp³-hybridized carbons (Fsp3) is 0.429. The molecule has 1 aliphatic carbocycles. The van der Waals surface area contributed by atoms with Crippen LogP contribution in [0.25, 0.3) is 0 Å². The number of carboxylic acid groups (broad SMARTS) is 1. The molecule has 3 N–H and O–H groups in total. The number of nitrogens with zero attached hydrogens (tertiary/aromatic N) is 1. The minimum Gasteiger partial charge on any atom is -0.481 e. The molecule has 0 spiro atoms. The Morgan fingerprint density at radius 1 is 1.14 bits per heavy atom. The molecule has 22 heavy (non-hydrogen) atoms. The van der Waals surface area contributed by atoms with Crippen molar-refractivity contribution in [1.82, 2.24) is 15.8 Å². The van der Waals surface area contributed by atoms with Gasteiger partial charge in [0.2, 0.25) is 5.91 Å². The van der Waals surface area contributed by atoms with Crippen molar-refractivity contribution in [3.8, 4) is 0 Å². The molecule has 2 rings (SSSR count). The summed E-state index contributed by atoms with van der Waals surface area (Å²) in [5.74, 6) is -3.25. The van der Waals surface area contributed by atoms with Crippen molar-refractivity contribution in [3.05, 3.63) is 28.5 Å². The molecule has 0 radical (unpaired) electrons. The molecule has 1 fully saturated rings. The summed E-state index contributed by atoms with van der Waals surface area (Å²) in [5.41, 5.74) is 4.89. The fourth-order valence-electron chi connectivity index (χ4n) is 2.53. The van der Waals surface area contributed by atoms with E-state index in [1.54, 1.807) is 12.1 Å². The Labute approximate surface area is 135 Å². The van der Waals surface area contributed by atoms with E-state index in [1.165, 1.54) is 6.20 Å². The lowest BCUT2D eigenvalue weighted by atomic mass is 9.79. The van der Waals surface area contributed by atoms with E-state index in [4.69, 9.17) is 5.11 Å². The molecule has 1 heterocycles. The predicted molar refractivity (Wildman–Crippen MR) is 80.6 cm³/mol. The summed E-state index contributed by atoms with van der Waals surface area (Å²) in [4.78, 5) is 39.1. The number of carbonyl (C=O) groups excluding carboxylic acids is 2. The summed E-state index contributed by atoms with van der Waals surface area (Å²) in [6.45, 7) is 0. The topological polar surface area (TPSA) is 108 Å². The third-order valence-corrected chi connectivity index (χ3v) is 4.18. The minimum absolute atomic E-state index is 0.293. The third-order valence-electron chi connectivity index (χ3n) is 3.71. The van der Waals surface area contributed by atoms with Gasteiger partial charge in [-0.05, 0) is 40.9 Å². The fourth-order valence-corrected chi connectivity index (χ4v) is 2.77. The maximum atomic E-state index is 12.1. The summed E-state index contributed by atoms with van der Waals surface area (Å²) < 4.78 is 0.597. The number of hydrogen-bond donors (Lipinski definition) is 3. The molecule has 1 aliphatic rings. The van der Waals surface area contributed by atoms with Gasteiger partial charge in [0.1, 0.15) is 4.60 Å². The van der Waals surface area contributed by atoms with Crippen molar-refractivity contribution < 1.29 is 19.5 Å². The molecular weight excluding hydrogens is 354 g/mol. The van der Waals surface area contributed by atoms with E-state index in [0.717, 1.165) is 12.8 Å². The van der Waals surface area contributed by atoms with Gasteiger partial charge in [0.15, 0.2) is 0 Å². The Balaban J connectivity index is 1.92. The Morgan fingerprint density at radius 2 is 1.82 bits per heavy atom. The van der Waals surface area contributed by atoms with Crippen molar-refractivity contribution in [2.75, 3.05) is 0 Å². The highest BCUT2D eigenvalue weighted by Crippen LogP contribution is 2.30. The van der Waals surface area contributed by atoms with Crippen LogP contribution in [0.4, 0.5) is 0 Å². The van der Waals surface area contributed by atoms with Crippen molar-refractivity contribution in [2.24, 2.45) is 11.8 Å². The van der Waals surface area contributed by atoms with Gasteiger partial charge in [-0.2, -0.15) is 0 Å². The minimum atomic E-state index is -0.969. The van der Waals surface area contributed by atoms with Gasteiger partial charge in [0.25, 0.3) is 5.91 Å². The van der Waals surface area contributed by atoms with Crippen LogP contribution in [0, 0.1) is 11.8 Å². The zero-order chi connectivity index (χ0) is 16.1. The van der Waals surface area contributed by atoms with Crippen LogP contribution >= 0.6 is 15.9 Å². The number of aromatic nitrogens is 1. The second kappa shape index (κ2) is 7.35.